The van der Waals surface area contributed by atoms with Gasteiger partial charge in [-0.25, -0.2) is 9.07 Å². The number of likely N-dealkylation sites (tertiary alicyclic amines) is 1. The Balaban J connectivity index is 1.29. The van der Waals surface area contributed by atoms with E-state index in [4.69, 9.17) is 4.74 Å². The number of rotatable bonds is 6. The minimum atomic E-state index is -0.302. The highest BCUT2D eigenvalue weighted by Crippen LogP contribution is 2.25. The Kier molecular flexibility index (Phi) is 6.09. The fraction of sp³-hybridized carbons (Fsp3) is 0.304. The van der Waals surface area contributed by atoms with Gasteiger partial charge in [-0.3, -0.25) is 9.69 Å². The highest BCUT2D eigenvalue weighted by atomic mass is 19.1. The third kappa shape index (κ3) is 4.68. The second-order valence-corrected chi connectivity index (χ2v) is 7.49. The molecule has 3 aromatic rings. The number of carbonyl (C=O) groups is 1. The average molecular weight is 408 g/mol. The normalized spacial score (nSPS) is 15.1. The summed E-state index contributed by atoms with van der Waals surface area (Å²) in [6.07, 6.45) is 5.19. The second kappa shape index (κ2) is 9.09. The Morgan fingerprint density at radius 2 is 1.97 bits per heavy atom. The molecule has 0 atom stereocenters. The van der Waals surface area contributed by atoms with Crippen LogP contribution < -0.4 is 10.1 Å². The Morgan fingerprint density at radius 1 is 1.20 bits per heavy atom. The van der Waals surface area contributed by atoms with Gasteiger partial charge in [-0.2, -0.15) is 5.10 Å². The lowest BCUT2D eigenvalue weighted by Gasteiger charge is -2.31. The molecule has 1 fully saturated rings. The monoisotopic (exact) mass is 408 g/mol. The molecule has 1 N–H and O–H groups in total. The molecule has 1 amide bonds. The molecule has 4 rings (SSSR count). The number of aromatic nitrogens is 2. The zero-order valence-electron chi connectivity index (χ0n) is 16.9. The molecule has 30 heavy (non-hydrogen) atoms. The summed E-state index contributed by atoms with van der Waals surface area (Å²) in [5.74, 6) is 0.306. The number of nitrogens with one attached hydrogen (secondary N) is 1. The summed E-state index contributed by atoms with van der Waals surface area (Å²) >= 11 is 0. The molecule has 0 aliphatic carbocycles. The fourth-order valence-electron chi connectivity index (χ4n) is 3.81. The number of benzene rings is 2. The maximum Gasteiger partial charge on any atom is 0.227 e. The first-order valence-corrected chi connectivity index (χ1v) is 10.1. The Hall–Kier alpha value is -3.19. The molecule has 0 radical (unpaired) electrons. The predicted octanol–water partition coefficient (Wildman–Crippen LogP) is 3.87. The number of hydrogen-bond donors (Lipinski definition) is 1. The van der Waals surface area contributed by atoms with Gasteiger partial charge in [0.2, 0.25) is 5.91 Å². The lowest BCUT2D eigenvalue weighted by Crippen LogP contribution is -2.37. The zero-order chi connectivity index (χ0) is 20.9. The van der Waals surface area contributed by atoms with Crippen molar-refractivity contribution < 1.29 is 13.9 Å². The molecule has 1 aliphatic rings. The van der Waals surface area contributed by atoms with Crippen LogP contribution in [0.15, 0.2) is 60.9 Å². The van der Waals surface area contributed by atoms with E-state index in [1.165, 1.54) is 12.1 Å². The number of ether oxygens (including phenoxy) is 1. The number of nitrogens with zero attached hydrogens (tertiary/aromatic N) is 3. The van der Waals surface area contributed by atoms with Gasteiger partial charge in [0.1, 0.15) is 11.6 Å². The van der Waals surface area contributed by atoms with E-state index in [1.54, 1.807) is 24.1 Å². The molecule has 1 aromatic heterocycles. The van der Waals surface area contributed by atoms with Gasteiger partial charge in [0, 0.05) is 42.2 Å². The molecule has 0 bridgehead atoms. The summed E-state index contributed by atoms with van der Waals surface area (Å²) < 4.78 is 20.4. The van der Waals surface area contributed by atoms with Crippen molar-refractivity contribution in [3.63, 3.8) is 0 Å². The molecular weight excluding hydrogens is 383 g/mol. The number of piperidine rings is 1. The zero-order valence-corrected chi connectivity index (χ0v) is 16.9. The van der Waals surface area contributed by atoms with Crippen LogP contribution >= 0.6 is 0 Å². The summed E-state index contributed by atoms with van der Waals surface area (Å²) in [6, 6.07) is 14.1. The molecule has 0 spiro atoms. The number of carbonyl (C=O) groups excluding carboxylic acids is 1. The van der Waals surface area contributed by atoms with Crippen LogP contribution in [0.4, 0.5) is 10.1 Å². The van der Waals surface area contributed by atoms with Crippen molar-refractivity contribution in [1.29, 1.82) is 0 Å². The minimum absolute atomic E-state index is 0.0119. The summed E-state index contributed by atoms with van der Waals surface area (Å²) in [5, 5.41) is 7.23. The average Bonchev–Trinajstić information content (AvgIpc) is 3.31. The maximum atomic E-state index is 13.4. The van der Waals surface area contributed by atoms with Crippen LogP contribution in [0, 0.1) is 11.7 Å². The first-order valence-electron chi connectivity index (χ1n) is 10.1. The van der Waals surface area contributed by atoms with Crippen molar-refractivity contribution in [1.82, 2.24) is 14.7 Å². The smallest absolute Gasteiger partial charge is 0.227 e. The second-order valence-electron chi connectivity index (χ2n) is 7.49. The van der Waals surface area contributed by atoms with Crippen LogP contribution in [0.1, 0.15) is 18.4 Å². The molecule has 6 nitrogen and oxygen atoms in total. The van der Waals surface area contributed by atoms with Crippen molar-refractivity contribution in [3.8, 4) is 11.4 Å². The van der Waals surface area contributed by atoms with E-state index in [0.29, 0.717) is 12.3 Å². The van der Waals surface area contributed by atoms with Gasteiger partial charge in [0.15, 0.2) is 0 Å². The molecular formula is C23H25FN4O2. The summed E-state index contributed by atoms with van der Waals surface area (Å²) in [6.45, 7) is 2.32. The molecule has 156 valence electrons. The molecule has 2 heterocycles. The molecule has 2 aromatic carbocycles. The Morgan fingerprint density at radius 3 is 2.63 bits per heavy atom. The van der Waals surface area contributed by atoms with Gasteiger partial charge in [0.05, 0.1) is 12.8 Å². The van der Waals surface area contributed by atoms with Crippen LogP contribution in [-0.4, -0.2) is 40.8 Å². The third-order valence-corrected chi connectivity index (χ3v) is 5.51. The third-order valence-electron chi connectivity index (χ3n) is 5.51. The number of hydrogen-bond acceptors (Lipinski definition) is 4. The molecule has 0 unspecified atom stereocenters. The standard InChI is InChI=1S/C23H25FN4O2/c1-30-22-15-19(24)4-3-18(22)16-27-13-9-17(10-14-27)23(29)26-20-5-7-21(8-6-20)28-12-2-11-25-28/h2-8,11-12,15,17H,9-10,13-14,16H2,1H3,(H,26,29). The summed E-state index contributed by atoms with van der Waals surface area (Å²) in [7, 11) is 1.55. The first-order chi connectivity index (χ1) is 14.6. The summed E-state index contributed by atoms with van der Waals surface area (Å²) in [5.41, 5.74) is 2.69. The number of methoxy groups -OCH3 is 1. The van der Waals surface area contributed by atoms with Crippen molar-refractivity contribution in [2.75, 3.05) is 25.5 Å². The quantitative estimate of drug-likeness (QED) is 0.673. The predicted molar refractivity (Wildman–Crippen MR) is 113 cm³/mol. The van der Waals surface area contributed by atoms with Gasteiger partial charge in [-0.1, -0.05) is 6.07 Å². The molecule has 7 heteroatoms. The fourth-order valence-corrected chi connectivity index (χ4v) is 3.81. The van der Waals surface area contributed by atoms with E-state index in [2.05, 4.69) is 15.3 Å². The number of halogens is 1. The SMILES string of the molecule is COc1cc(F)ccc1CN1CCC(C(=O)Nc2ccc(-n3cccn3)cc2)CC1. The molecule has 1 aliphatic heterocycles. The van der Waals surface area contributed by atoms with Crippen LogP contribution in [0.3, 0.4) is 0 Å². The van der Waals surface area contributed by atoms with E-state index in [-0.39, 0.29) is 17.6 Å². The minimum Gasteiger partial charge on any atom is -0.496 e. The first kappa shape index (κ1) is 20.1. The summed E-state index contributed by atoms with van der Waals surface area (Å²) in [4.78, 5) is 15.0. The van der Waals surface area contributed by atoms with Gasteiger partial charge < -0.3 is 10.1 Å². The van der Waals surface area contributed by atoms with E-state index in [9.17, 15) is 9.18 Å². The van der Waals surface area contributed by atoms with Crippen LogP contribution in [-0.2, 0) is 11.3 Å². The van der Waals surface area contributed by atoms with Gasteiger partial charge in [0.25, 0.3) is 0 Å². The van der Waals surface area contributed by atoms with E-state index in [0.717, 1.165) is 42.9 Å². The number of amides is 1. The molecule has 1 saturated heterocycles. The van der Waals surface area contributed by atoms with E-state index >= 15 is 0 Å². The van der Waals surface area contributed by atoms with Gasteiger partial charge >= 0.3 is 0 Å². The highest BCUT2D eigenvalue weighted by molar-refractivity contribution is 5.92. The Bertz CT molecular complexity index is 981. The maximum absolute atomic E-state index is 13.4. The van der Waals surface area contributed by atoms with E-state index in [1.807, 2.05) is 36.5 Å². The molecule has 0 saturated carbocycles. The number of anilines is 1. The highest BCUT2D eigenvalue weighted by Gasteiger charge is 2.25. The topological polar surface area (TPSA) is 59.4 Å². The van der Waals surface area contributed by atoms with Crippen molar-refractivity contribution in [2.24, 2.45) is 5.92 Å². The van der Waals surface area contributed by atoms with Crippen LogP contribution in [0.2, 0.25) is 0 Å². The van der Waals surface area contributed by atoms with Crippen LogP contribution in [0.5, 0.6) is 5.75 Å². The van der Waals surface area contributed by atoms with Crippen molar-refractivity contribution >= 4 is 11.6 Å². The van der Waals surface area contributed by atoms with Crippen molar-refractivity contribution in [3.05, 3.63) is 72.3 Å². The van der Waals surface area contributed by atoms with Crippen molar-refractivity contribution in [2.45, 2.75) is 19.4 Å². The lowest BCUT2D eigenvalue weighted by molar-refractivity contribution is -0.121. The van der Waals surface area contributed by atoms with Crippen LogP contribution in [0.25, 0.3) is 5.69 Å². The van der Waals surface area contributed by atoms with Gasteiger partial charge in [-0.05, 0) is 62.3 Å². The largest absolute Gasteiger partial charge is 0.496 e. The lowest BCUT2D eigenvalue weighted by atomic mass is 9.95. The Labute approximate surface area is 175 Å². The van der Waals surface area contributed by atoms with E-state index < -0.39 is 0 Å². The van der Waals surface area contributed by atoms with Gasteiger partial charge in [-0.15, -0.1) is 0 Å².